The fourth-order valence-electron chi connectivity index (χ4n) is 3.06. The lowest BCUT2D eigenvalue weighted by atomic mass is 9.89. The molecule has 104 valence electrons. The van der Waals surface area contributed by atoms with Gasteiger partial charge in [-0.2, -0.15) is 0 Å². The molecule has 0 bridgehead atoms. The van der Waals surface area contributed by atoms with Gasteiger partial charge in [0.2, 0.25) is 17.7 Å². The van der Waals surface area contributed by atoms with Crippen LogP contribution in [0.5, 0.6) is 0 Å². The number of imide groups is 1. The highest BCUT2D eigenvalue weighted by molar-refractivity contribution is 6.05. The number of carbonyl (C=O) groups is 3. The zero-order chi connectivity index (χ0) is 14.4. The summed E-state index contributed by atoms with van der Waals surface area (Å²) in [5, 5.41) is 3.22. The molecule has 2 fully saturated rings. The van der Waals surface area contributed by atoms with Crippen LogP contribution in [0.4, 0.5) is 0 Å². The summed E-state index contributed by atoms with van der Waals surface area (Å²) in [7, 11) is 1.52. The standard InChI is InChI=1S/C14H15N3O3/c1-17-13(19)9-6-16-11(10(9)14(17)20)7-2-4-8(5-3-7)12(15)18/h2-5,9-11,16H,6H2,1H3,(H2,15,18). The van der Waals surface area contributed by atoms with E-state index in [0.29, 0.717) is 12.1 Å². The van der Waals surface area contributed by atoms with Gasteiger partial charge < -0.3 is 11.1 Å². The second-order valence-corrected chi connectivity index (χ2v) is 5.24. The highest BCUT2D eigenvalue weighted by Crippen LogP contribution is 2.40. The Morgan fingerprint density at radius 2 is 1.90 bits per heavy atom. The number of rotatable bonds is 2. The van der Waals surface area contributed by atoms with Crippen molar-refractivity contribution in [3.05, 3.63) is 35.4 Å². The van der Waals surface area contributed by atoms with Gasteiger partial charge in [0.25, 0.3) is 0 Å². The van der Waals surface area contributed by atoms with Crippen LogP contribution < -0.4 is 11.1 Å². The maximum Gasteiger partial charge on any atom is 0.248 e. The van der Waals surface area contributed by atoms with Crippen LogP contribution in [0.2, 0.25) is 0 Å². The van der Waals surface area contributed by atoms with Gasteiger partial charge >= 0.3 is 0 Å². The van der Waals surface area contributed by atoms with Crippen molar-refractivity contribution in [2.45, 2.75) is 6.04 Å². The summed E-state index contributed by atoms with van der Waals surface area (Å²) in [5.41, 5.74) is 6.51. The Morgan fingerprint density at radius 1 is 1.25 bits per heavy atom. The minimum atomic E-state index is -0.485. The second kappa shape index (κ2) is 4.42. The van der Waals surface area contributed by atoms with Gasteiger partial charge in [-0.15, -0.1) is 0 Å². The van der Waals surface area contributed by atoms with E-state index in [2.05, 4.69) is 5.32 Å². The van der Waals surface area contributed by atoms with Crippen molar-refractivity contribution < 1.29 is 14.4 Å². The van der Waals surface area contributed by atoms with Crippen LogP contribution in [-0.4, -0.2) is 36.2 Å². The van der Waals surface area contributed by atoms with Crippen LogP contribution in [0.25, 0.3) is 0 Å². The Balaban J connectivity index is 1.90. The number of carbonyl (C=O) groups excluding carboxylic acids is 3. The van der Waals surface area contributed by atoms with Gasteiger partial charge in [0.1, 0.15) is 0 Å². The molecule has 0 spiro atoms. The molecule has 0 aromatic heterocycles. The van der Waals surface area contributed by atoms with Crippen LogP contribution in [-0.2, 0) is 9.59 Å². The molecule has 3 rings (SSSR count). The number of primary amides is 1. The summed E-state index contributed by atoms with van der Waals surface area (Å²) < 4.78 is 0. The van der Waals surface area contributed by atoms with E-state index in [1.165, 1.54) is 11.9 Å². The average Bonchev–Trinajstić information content (AvgIpc) is 2.96. The Hall–Kier alpha value is -2.21. The molecular formula is C14H15N3O3. The molecule has 6 nitrogen and oxygen atoms in total. The quantitative estimate of drug-likeness (QED) is 0.721. The lowest BCUT2D eigenvalue weighted by Crippen LogP contribution is -2.32. The van der Waals surface area contributed by atoms with E-state index < -0.39 is 5.91 Å². The van der Waals surface area contributed by atoms with Crippen molar-refractivity contribution in [3.8, 4) is 0 Å². The van der Waals surface area contributed by atoms with Gasteiger partial charge in [0, 0.05) is 25.2 Å². The molecule has 0 saturated carbocycles. The van der Waals surface area contributed by atoms with E-state index in [0.717, 1.165) is 5.56 Å². The van der Waals surface area contributed by atoms with Gasteiger partial charge in [0.15, 0.2) is 0 Å². The fraction of sp³-hybridized carbons (Fsp3) is 0.357. The number of nitrogens with zero attached hydrogens (tertiary/aromatic N) is 1. The van der Waals surface area contributed by atoms with Gasteiger partial charge in [-0.1, -0.05) is 12.1 Å². The lowest BCUT2D eigenvalue weighted by molar-refractivity contribution is -0.138. The molecule has 3 unspecified atom stereocenters. The third-order valence-corrected chi connectivity index (χ3v) is 4.17. The summed E-state index contributed by atoms with van der Waals surface area (Å²) in [6.45, 7) is 0.502. The molecule has 2 saturated heterocycles. The van der Waals surface area contributed by atoms with Crippen molar-refractivity contribution >= 4 is 17.7 Å². The number of hydrogen-bond donors (Lipinski definition) is 2. The smallest absolute Gasteiger partial charge is 0.248 e. The summed E-state index contributed by atoms with van der Waals surface area (Å²) in [4.78, 5) is 36.3. The topological polar surface area (TPSA) is 92.5 Å². The molecule has 6 heteroatoms. The van der Waals surface area contributed by atoms with E-state index in [1.54, 1.807) is 24.3 Å². The predicted molar refractivity (Wildman–Crippen MR) is 70.5 cm³/mol. The average molecular weight is 273 g/mol. The minimum Gasteiger partial charge on any atom is -0.366 e. The van der Waals surface area contributed by atoms with Crippen LogP contribution in [0.15, 0.2) is 24.3 Å². The highest BCUT2D eigenvalue weighted by atomic mass is 16.2. The molecule has 2 aliphatic rings. The molecule has 2 aliphatic heterocycles. The molecule has 0 aliphatic carbocycles. The number of nitrogens with one attached hydrogen (secondary N) is 1. The summed E-state index contributed by atoms with van der Waals surface area (Å²) in [6.07, 6.45) is 0. The Labute approximate surface area is 115 Å². The van der Waals surface area contributed by atoms with Crippen molar-refractivity contribution in [3.63, 3.8) is 0 Å². The molecule has 3 N–H and O–H groups in total. The molecule has 2 heterocycles. The molecule has 20 heavy (non-hydrogen) atoms. The van der Waals surface area contributed by atoms with Crippen molar-refractivity contribution in [2.75, 3.05) is 13.6 Å². The molecule has 3 atom stereocenters. The first kappa shape index (κ1) is 12.8. The SMILES string of the molecule is CN1C(=O)C2CNC(c3ccc(C(N)=O)cc3)C2C1=O. The Kier molecular flexibility index (Phi) is 2.83. The zero-order valence-electron chi connectivity index (χ0n) is 11.0. The number of amides is 3. The van der Waals surface area contributed by atoms with E-state index in [-0.39, 0.29) is 29.7 Å². The molecular weight excluding hydrogens is 258 g/mol. The summed E-state index contributed by atoms with van der Waals surface area (Å²) >= 11 is 0. The van der Waals surface area contributed by atoms with Crippen LogP contribution in [0.3, 0.4) is 0 Å². The maximum atomic E-state index is 12.1. The molecule has 3 amide bonds. The van der Waals surface area contributed by atoms with E-state index in [9.17, 15) is 14.4 Å². The van der Waals surface area contributed by atoms with Gasteiger partial charge in [-0.05, 0) is 17.7 Å². The van der Waals surface area contributed by atoms with Crippen molar-refractivity contribution in [1.29, 1.82) is 0 Å². The number of hydrogen-bond acceptors (Lipinski definition) is 4. The first-order valence-electron chi connectivity index (χ1n) is 6.45. The first-order valence-corrected chi connectivity index (χ1v) is 6.45. The number of benzene rings is 1. The third-order valence-electron chi connectivity index (χ3n) is 4.17. The van der Waals surface area contributed by atoms with E-state index >= 15 is 0 Å². The highest BCUT2D eigenvalue weighted by Gasteiger charge is 2.53. The molecule has 0 radical (unpaired) electrons. The van der Waals surface area contributed by atoms with E-state index in [1.807, 2.05) is 0 Å². The monoisotopic (exact) mass is 273 g/mol. The minimum absolute atomic E-state index is 0.122. The zero-order valence-corrected chi connectivity index (χ0v) is 11.0. The first-order chi connectivity index (χ1) is 9.50. The normalized spacial score (nSPS) is 28.9. The van der Waals surface area contributed by atoms with Crippen LogP contribution in [0, 0.1) is 11.8 Å². The summed E-state index contributed by atoms with van der Waals surface area (Å²) in [6, 6.07) is 6.63. The maximum absolute atomic E-state index is 12.1. The van der Waals surface area contributed by atoms with E-state index in [4.69, 9.17) is 5.73 Å². The Morgan fingerprint density at radius 3 is 2.50 bits per heavy atom. The van der Waals surface area contributed by atoms with Crippen LogP contribution >= 0.6 is 0 Å². The Bertz CT molecular complexity index is 596. The predicted octanol–water partition coefficient (Wildman–Crippen LogP) is -0.339. The number of fused-ring (bicyclic) bond motifs is 1. The molecule has 1 aromatic carbocycles. The van der Waals surface area contributed by atoms with Gasteiger partial charge in [-0.25, -0.2) is 0 Å². The van der Waals surface area contributed by atoms with Gasteiger partial charge in [0.05, 0.1) is 11.8 Å². The van der Waals surface area contributed by atoms with Gasteiger partial charge in [-0.3, -0.25) is 19.3 Å². The number of nitrogens with two attached hydrogens (primary N) is 1. The second-order valence-electron chi connectivity index (χ2n) is 5.24. The largest absolute Gasteiger partial charge is 0.366 e. The summed E-state index contributed by atoms with van der Waals surface area (Å²) in [5.74, 6) is -1.39. The van der Waals surface area contributed by atoms with Crippen LogP contribution in [0.1, 0.15) is 22.0 Å². The van der Waals surface area contributed by atoms with Crippen molar-refractivity contribution in [1.82, 2.24) is 10.2 Å². The number of likely N-dealkylation sites (tertiary alicyclic amines) is 1. The lowest BCUT2D eigenvalue weighted by Gasteiger charge is -2.18. The van der Waals surface area contributed by atoms with Crippen molar-refractivity contribution in [2.24, 2.45) is 17.6 Å². The third kappa shape index (κ3) is 1.72. The fourth-order valence-corrected chi connectivity index (χ4v) is 3.06. The molecule has 1 aromatic rings.